The van der Waals surface area contributed by atoms with Crippen LogP contribution in [0.25, 0.3) is 11.3 Å². The lowest BCUT2D eigenvalue weighted by Gasteiger charge is -2.49. The molecule has 2 N–H and O–H groups in total. The Kier molecular flexibility index (Phi) is 7.66. The van der Waals surface area contributed by atoms with Crippen LogP contribution in [0.4, 0.5) is 5.69 Å². The molecule has 2 aromatic heterocycles. The van der Waals surface area contributed by atoms with Crippen LogP contribution in [0, 0.1) is 11.3 Å². The van der Waals surface area contributed by atoms with Crippen LogP contribution in [0.3, 0.4) is 0 Å². The number of rotatable bonds is 7. The van der Waals surface area contributed by atoms with Gasteiger partial charge < -0.3 is 25.0 Å². The lowest BCUT2D eigenvalue weighted by atomic mass is 9.69. The summed E-state index contributed by atoms with van der Waals surface area (Å²) in [5, 5.41) is 9.82. The normalized spacial score (nSPS) is 15.9. The summed E-state index contributed by atoms with van der Waals surface area (Å²) in [6.45, 7) is 5.34. The molecular formula is C30H34N6O3. The van der Waals surface area contributed by atoms with Gasteiger partial charge in [-0.25, -0.2) is 4.98 Å². The fourth-order valence-corrected chi connectivity index (χ4v) is 5.91. The molecule has 9 nitrogen and oxygen atoms in total. The number of anilines is 1. The number of benzene rings is 1. The van der Waals surface area contributed by atoms with Crippen molar-refractivity contribution in [2.75, 3.05) is 44.8 Å². The summed E-state index contributed by atoms with van der Waals surface area (Å²) in [6.07, 6.45) is 3.67. The highest BCUT2D eigenvalue weighted by Gasteiger charge is 2.44. The van der Waals surface area contributed by atoms with E-state index >= 15 is 0 Å². The molecule has 0 aliphatic carbocycles. The monoisotopic (exact) mass is 526 g/mol. The minimum atomic E-state index is -0.233. The molecule has 0 bridgehead atoms. The molecule has 0 atom stereocenters. The largest absolute Gasteiger partial charge is 0.495 e. The summed E-state index contributed by atoms with van der Waals surface area (Å²) in [5.41, 5.74) is 10.7. The standard InChI is InChI=1S/C30H34N6O3/c1-3-39-29-21(6-5-15-33-29)24-10-9-23-25(34-24)19-36(28(37)11-14-31)20-30(23)12-16-35(17-13-30)26-7-4-8-27(38-2)22(26)18-32/h4-10,15H,3,11-14,16-17,19-20,31H2,1-2H3. The highest BCUT2D eigenvalue weighted by molar-refractivity contribution is 5.77. The van der Waals surface area contributed by atoms with Crippen molar-refractivity contribution in [2.24, 2.45) is 5.73 Å². The Bertz CT molecular complexity index is 1390. The summed E-state index contributed by atoms with van der Waals surface area (Å²) in [7, 11) is 1.58. The molecule has 3 aromatic rings. The SMILES string of the molecule is CCOc1ncccc1-c1ccc2c(n1)CN(C(=O)CCN)CC21CCN(c2cccc(OC)c2C#N)CC1. The predicted octanol–water partition coefficient (Wildman–Crippen LogP) is 3.65. The van der Waals surface area contributed by atoms with Gasteiger partial charge in [0, 0.05) is 44.2 Å². The molecule has 1 saturated heterocycles. The van der Waals surface area contributed by atoms with Crippen molar-refractivity contribution in [2.45, 2.75) is 38.1 Å². The zero-order valence-corrected chi connectivity index (χ0v) is 22.5. The van der Waals surface area contributed by atoms with Gasteiger partial charge in [0.25, 0.3) is 0 Å². The second-order valence-electron chi connectivity index (χ2n) is 10.0. The number of methoxy groups -OCH3 is 1. The number of piperidine rings is 1. The van der Waals surface area contributed by atoms with Crippen molar-refractivity contribution < 1.29 is 14.3 Å². The number of pyridine rings is 2. The van der Waals surface area contributed by atoms with Gasteiger partial charge in [-0.3, -0.25) is 9.78 Å². The van der Waals surface area contributed by atoms with Gasteiger partial charge in [-0.2, -0.15) is 5.26 Å². The van der Waals surface area contributed by atoms with Gasteiger partial charge in [-0.05, 0) is 55.7 Å². The molecule has 2 aliphatic rings. The van der Waals surface area contributed by atoms with Crippen LogP contribution in [0.2, 0.25) is 0 Å². The number of hydrogen-bond donors (Lipinski definition) is 1. The van der Waals surface area contributed by atoms with Crippen LogP contribution in [0.1, 0.15) is 43.0 Å². The number of aromatic nitrogens is 2. The van der Waals surface area contributed by atoms with E-state index in [1.165, 1.54) is 5.56 Å². The lowest BCUT2D eigenvalue weighted by Crippen LogP contribution is -2.53. The number of nitriles is 1. The molecule has 202 valence electrons. The van der Waals surface area contributed by atoms with Gasteiger partial charge in [0.2, 0.25) is 11.8 Å². The highest BCUT2D eigenvalue weighted by atomic mass is 16.5. The zero-order valence-electron chi connectivity index (χ0n) is 22.5. The number of nitrogens with two attached hydrogens (primary N) is 1. The second-order valence-corrected chi connectivity index (χ2v) is 10.0. The molecule has 4 heterocycles. The third kappa shape index (κ3) is 5.00. The van der Waals surface area contributed by atoms with Gasteiger partial charge in [0.1, 0.15) is 17.4 Å². The Morgan fingerprint density at radius 3 is 2.72 bits per heavy atom. The molecule has 5 rings (SSSR count). The summed E-state index contributed by atoms with van der Waals surface area (Å²) in [5.74, 6) is 1.18. The van der Waals surface area contributed by atoms with E-state index in [9.17, 15) is 10.1 Å². The van der Waals surface area contributed by atoms with E-state index in [1.54, 1.807) is 13.3 Å². The second kappa shape index (κ2) is 11.3. The predicted molar refractivity (Wildman–Crippen MR) is 149 cm³/mol. The Morgan fingerprint density at radius 2 is 2.00 bits per heavy atom. The van der Waals surface area contributed by atoms with Crippen LogP contribution < -0.4 is 20.1 Å². The number of hydrogen-bond acceptors (Lipinski definition) is 8. The molecule has 2 aliphatic heterocycles. The topological polar surface area (TPSA) is 118 Å². The lowest BCUT2D eigenvalue weighted by molar-refractivity contribution is -0.133. The van der Waals surface area contributed by atoms with Crippen LogP contribution in [-0.4, -0.2) is 60.7 Å². The van der Waals surface area contributed by atoms with E-state index in [1.807, 2.05) is 48.2 Å². The van der Waals surface area contributed by atoms with Gasteiger partial charge >= 0.3 is 0 Å². The molecule has 0 unspecified atom stereocenters. The third-order valence-corrected chi connectivity index (χ3v) is 7.82. The number of carbonyl (C=O) groups is 1. The zero-order chi connectivity index (χ0) is 27.4. The molecule has 0 saturated carbocycles. The van der Waals surface area contributed by atoms with Gasteiger partial charge in [0.15, 0.2) is 0 Å². The van der Waals surface area contributed by atoms with Crippen LogP contribution >= 0.6 is 0 Å². The Balaban J connectivity index is 1.50. The first-order valence-electron chi connectivity index (χ1n) is 13.4. The fourth-order valence-electron chi connectivity index (χ4n) is 5.91. The number of amides is 1. The van der Waals surface area contributed by atoms with E-state index in [0.29, 0.717) is 49.9 Å². The van der Waals surface area contributed by atoms with Crippen LogP contribution in [-0.2, 0) is 16.8 Å². The average molecular weight is 527 g/mol. The summed E-state index contributed by atoms with van der Waals surface area (Å²) in [6, 6.07) is 16.1. The van der Waals surface area contributed by atoms with Crippen LogP contribution in [0.5, 0.6) is 11.6 Å². The molecule has 1 spiro atoms. The van der Waals surface area contributed by atoms with E-state index in [2.05, 4.69) is 22.0 Å². The van der Waals surface area contributed by atoms with Gasteiger partial charge in [0.05, 0.1) is 42.9 Å². The number of ether oxygens (including phenoxy) is 2. The molecule has 1 fully saturated rings. The minimum absolute atomic E-state index is 0.0492. The van der Waals surface area contributed by atoms with E-state index in [-0.39, 0.29) is 11.3 Å². The van der Waals surface area contributed by atoms with Crippen molar-refractivity contribution in [3.8, 4) is 29.0 Å². The maximum atomic E-state index is 13.1. The Labute approximate surface area is 229 Å². The molecule has 0 radical (unpaired) electrons. The van der Waals surface area contributed by atoms with E-state index in [0.717, 1.165) is 48.6 Å². The molecule has 39 heavy (non-hydrogen) atoms. The number of nitrogens with zero attached hydrogens (tertiary/aromatic N) is 5. The molecule has 1 amide bonds. The maximum Gasteiger partial charge on any atom is 0.224 e. The van der Waals surface area contributed by atoms with Crippen molar-refractivity contribution in [1.29, 1.82) is 5.26 Å². The smallest absolute Gasteiger partial charge is 0.224 e. The first-order valence-corrected chi connectivity index (χ1v) is 13.4. The summed E-state index contributed by atoms with van der Waals surface area (Å²) >= 11 is 0. The third-order valence-electron chi connectivity index (χ3n) is 7.82. The molecule has 9 heteroatoms. The summed E-state index contributed by atoms with van der Waals surface area (Å²) < 4.78 is 11.2. The van der Waals surface area contributed by atoms with E-state index < -0.39 is 0 Å². The number of carbonyl (C=O) groups excluding carboxylic acids is 1. The highest BCUT2D eigenvalue weighted by Crippen LogP contribution is 2.44. The summed E-state index contributed by atoms with van der Waals surface area (Å²) in [4.78, 5) is 26.7. The van der Waals surface area contributed by atoms with Gasteiger partial charge in [-0.1, -0.05) is 12.1 Å². The molecular weight excluding hydrogens is 492 g/mol. The first-order chi connectivity index (χ1) is 19.0. The van der Waals surface area contributed by atoms with Crippen LogP contribution in [0.15, 0.2) is 48.7 Å². The average Bonchev–Trinajstić information content (AvgIpc) is 2.97. The minimum Gasteiger partial charge on any atom is -0.495 e. The van der Waals surface area contributed by atoms with Crippen molar-refractivity contribution >= 4 is 11.6 Å². The van der Waals surface area contributed by atoms with Crippen molar-refractivity contribution in [3.63, 3.8) is 0 Å². The van der Waals surface area contributed by atoms with Crippen molar-refractivity contribution in [1.82, 2.24) is 14.9 Å². The number of fused-ring (bicyclic) bond motifs is 2. The van der Waals surface area contributed by atoms with Crippen molar-refractivity contribution in [3.05, 3.63) is 65.5 Å². The Hall–Kier alpha value is -4.16. The Morgan fingerprint density at radius 1 is 1.18 bits per heavy atom. The van der Waals surface area contributed by atoms with E-state index in [4.69, 9.17) is 20.2 Å². The fraction of sp³-hybridized carbons (Fsp3) is 0.400. The maximum absolute atomic E-state index is 13.1. The molecule has 1 aromatic carbocycles. The quantitative estimate of drug-likeness (QED) is 0.496. The first kappa shape index (κ1) is 26.4. The van der Waals surface area contributed by atoms with Gasteiger partial charge in [-0.15, -0.1) is 0 Å².